The molecule has 1 aromatic rings. The molecule has 27 heavy (non-hydrogen) atoms. The quantitative estimate of drug-likeness (QED) is 0.792. The van der Waals surface area contributed by atoms with Gasteiger partial charge in [0.1, 0.15) is 13.2 Å². The number of benzene rings is 1. The van der Waals surface area contributed by atoms with Gasteiger partial charge in [-0.15, -0.1) is 0 Å². The maximum atomic E-state index is 12.4. The molecule has 3 aliphatic heterocycles. The van der Waals surface area contributed by atoms with Gasteiger partial charge in [0.2, 0.25) is 5.91 Å². The first-order chi connectivity index (χ1) is 13.3. The molecule has 0 aromatic heterocycles. The van der Waals surface area contributed by atoms with E-state index in [0.29, 0.717) is 44.7 Å². The highest BCUT2D eigenvalue weighted by Crippen LogP contribution is 2.31. The van der Waals surface area contributed by atoms with E-state index in [4.69, 9.17) is 14.2 Å². The standard InChI is InChI=1S/C21H30N2O4/c24-21(23-8-10-25-11-9-23)6-4-17-2-1-7-22(15-17)16-18-3-5-19-20(14-18)27-13-12-26-19/h3,5,14,17H,1-2,4,6-13,15-16H2. The number of rotatable bonds is 5. The van der Waals surface area contributed by atoms with Gasteiger partial charge in [-0.05, 0) is 49.4 Å². The van der Waals surface area contributed by atoms with Crippen LogP contribution in [0.4, 0.5) is 0 Å². The van der Waals surface area contributed by atoms with Crippen molar-refractivity contribution in [3.05, 3.63) is 23.8 Å². The normalized spacial score (nSPS) is 23.3. The van der Waals surface area contributed by atoms with Crippen molar-refractivity contribution in [1.29, 1.82) is 0 Å². The first-order valence-corrected chi connectivity index (χ1v) is 10.2. The minimum atomic E-state index is 0.294. The molecule has 3 aliphatic rings. The van der Waals surface area contributed by atoms with E-state index in [1.54, 1.807) is 0 Å². The molecule has 1 amide bonds. The van der Waals surface area contributed by atoms with Crippen LogP contribution in [0.3, 0.4) is 0 Å². The molecule has 3 heterocycles. The molecule has 0 bridgehead atoms. The molecule has 0 aliphatic carbocycles. The number of amides is 1. The summed E-state index contributed by atoms with van der Waals surface area (Å²) in [5.41, 5.74) is 1.27. The maximum absolute atomic E-state index is 12.4. The molecule has 1 atom stereocenters. The predicted molar refractivity (Wildman–Crippen MR) is 102 cm³/mol. The third-order valence-electron chi connectivity index (χ3n) is 5.75. The molecule has 0 saturated carbocycles. The summed E-state index contributed by atoms with van der Waals surface area (Å²) in [5, 5.41) is 0. The van der Waals surface area contributed by atoms with Crippen molar-refractivity contribution in [3.63, 3.8) is 0 Å². The zero-order valence-corrected chi connectivity index (χ0v) is 16.0. The summed E-state index contributed by atoms with van der Waals surface area (Å²) in [6, 6.07) is 6.27. The second-order valence-corrected chi connectivity index (χ2v) is 7.75. The number of fused-ring (bicyclic) bond motifs is 1. The van der Waals surface area contributed by atoms with Gasteiger partial charge < -0.3 is 19.1 Å². The summed E-state index contributed by atoms with van der Waals surface area (Å²) in [6.07, 6.45) is 4.10. The average molecular weight is 374 g/mol. The molecule has 0 radical (unpaired) electrons. The van der Waals surface area contributed by atoms with Crippen LogP contribution >= 0.6 is 0 Å². The molecule has 0 spiro atoms. The van der Waals surface area contributed by atoms with Gasteiger partial charge in [0.05, 0.1) is 13.2 Å². The van der Waals surface area contributed by atoms with Crippen LogP contribution < -0.4 is 9.47 Å². The molecule has 6 heteroatoms. The van der Waals surface area contributed by atoms with Crippen LogP contribution in [0, 0.1) is 5.92 Å². The van der Waals surface area contributed by atoms with Crippen molar-refractivity contribution < 1.29 is 19.0 Å². The van der Waals surface area contributed by atoms with Crippen molar-refractivity contribution in [1.82, 2.24) is 9.80 Å². The second kappa shape index (κ2) is 8.93. The first kappa shape index (κ1) is 18.6. The number of carbonyl (C=O) groups is 1. The van der Waals surface area contributed by atoms with E-state index >= 15 is 0 Å². The van der Waals surface area contributed by atoms with Gasteiger partial charge in [-0.2, -0.15) is 0 Å². The molecule has 6 nitrogen and oxygen atoms in total. The molecule has 1 aromatic carbocycles. The third-order valence-corrected chi connectivity index (χ3v) is 5.75. The molecule has 1 unspecified atom stereocenters. The maximum Gasteiger partial charge on any atom is 0.222 e. The third kappa shape index (κ3) is 4.93. The highest BCUT2D eigenvalue weighted by molar-refractivity contribution is 5.76. The Morgan fingerprint density at radius 3 is 2.70 bits per heavy atom. The zero-order chi connectivity index (χ0) is 18.5. The fourth-order valence-corrected chi connectivity index (χ4v) is 4.27. The molecular weight excluding hydrogens is 344 g/mol. The highest BCUT2D eigenvalue weighted by atomic mass is 16.6. The number of carbonyl (C=O) groups excluding carboxylic acids is 1. The summed E-state index contributed by atoms with van der Waals surface area (Å²) in [6.45, 7) is 7.25. The number of piperidine rings is 1. The SMILES string of the molecule is O=C(CCC1CCCN(Cc2ccc3c(c2)OCCO3)C1)N1CCOCC1. The molecular formula is C21H30N2O4. The summed E-state index contributed by atoms with van der Waals surface area (Å²) in [4.78, 5) is 16.9. The Morgan fingerprint density at radius 2 is 1.85 bits per heavy atom. The van der Waals surface area contributed by atoms with E-state index in [9.17, 15) is 4.79 Å². The van der Waals surface area contributed by atoms with Crippen molar-refractivity contribution in [2.75, 3.05) is 52.6 Å². The van der Waals surface area contributed by atoms with E-state index in [1.807, 2.05) is 11.0 Å². The van der Waals surface area contributed by atoms with Gasteiger partial charge >= 0.3 is 0 Å². The van der Waals surface area contributed by atoms with Crippen LogP contribution in [0.15, 0.2) is 18.2 Å². The van der Waals surface area contributed by atoms with E-state index in [2.05, 4.69) is 17.0 Å². The topological polar surface area (TPSA) is 51.2 Å². The van der Waals surface area contributed by atoms with Crippen LogP contribution in [-0.2, 0) is 16.1 Å². The Bertz CT molecular complexity index is 645. The Labute approximate surface area is 161 Å². The Morgan fingerprint density at radius 1 is 1.04 bits per heavy atom. The van der Waals surface area contributed by atoms with Crippen LogP contribution in [-0.4, -0.2) is 68.3 Å². The van der Waals surface area contributed by atoms with Gasteiger partial charge in [0.25, 0.3) is 0 Å². The van der Waals surface area contributed by atoms with Gasteiger partial charge in [0.15, 0.2) is 11.5 Å². The van der Waals surface area contributed by atoms with Gasteiger partial charge in [-0.1, -0.05) is 6.07 Å². The Kier molecular flexibility index (Phi) is 6.14. The fraction of sp³-hybridized carbons (Fsp3) is 0.667. The zero-order valence-electron chi connectivity index (χ0n) is 16.0. The molecule has 4 rings (SSSR count). The van der Waals surface area contributed by atoms with E-state index in [1.165, 1.54) is 18.4 Å². The Balaban J connectivity index is 1.26. The average Bonchev–Trinajstić information content (AvgIpc) is 2.73. The van der Waals surface area contributed by atoms with E-state index in [-0.39, 0.29) is 0 Å². The molecule has 148 valence electrons. The summed E-state index contributed by atoms with van der Waals surface area (Å²) in [5.74, 6) is 2.62. The molecule has 0 N–H and O–H groups in total. The predicted octanol–water partition coefficient (Wildman–Crippen LogP) is 2.31. The van der Waals surface area contributed by atoms with Crippen LogP contribution in [0.1, 0.15) is 31.2 Å². The lowest BCUT2D eigenvalue weighted by Gasteiger charge is -2.33. The van der Waals surface area contributed by atoms with Gasteiger partial charge in [-0.25, -0.2) is 0 Å². The number of ether oxygens (including phenoxy) is 3. The second-order valence-electron chi connectivity index (χ2n) is 7.75. The minimum Gasteiger partial charge on any atom is -0.486 e. The van der Waals surface area contributed by atoms with Crippen molar-refractivity contribution >= 4 is 5.91 Å². The van der Waals surface area contributed by atoms with Crippen molar-refractivity contribution in [2.24, 2.45) is 5.92 Å². The van der Waals surface area contributed by atoms with E-state index in [0.717, 1.165) is 50.6 Å². The van der Waals surface area contributed by atoms with Crippen LogP contribution in [0.25, 0.3) is 0 Å². The molecule has 2 saturated heterocycles. The van der Waals surface area contributed by atoms with Crippen LogP contribution in [0.5, 0.6) is 11.5 Å². The summed E-state index contributed by atoms with van der Waals surface area (Å²) < 4.78 is 16.6. The van der Waals surface area contributed by atoms with Gasteiger partial charge in [-0.3, -0.25) is 9.69 Å². The first-order valence-electron chi connectivity index (χ1n) is 10.2. The Hall–Kier alpha value is -1.79. The number of morpholine rings is 1. The monoisotopic (exact) mass is 374 g/mol. The lowest BCUT2D eigenvalue weighted by Crippen LogP contribution is -2.41. The number of nitrogens with zero attached hydrogens (tertiary/aromatic N) is 2. The highest BCUT2D eigenvalue weighted by Gasteiger charge is 2.23. The minimum absolute atomic E-state index is 0.294. The van der Waals surface area contributed by atoms with Gasteiger partial charge in [0, 0.05) is 32.6 Å². The van der Waals surface area contributed by atoms with Crippen molar-refractivity contribution in [2.45, 2.75) is 32.2 Å². The smallest absolute Gasteiger partial charge is 0.222 e. The van der Waals surface area contributed by atoms with Crippen molar-refractivity contribution in [3.8, 4) is 11.5 Å². The van der Waals surface area contributed by atoms with Crippen LogP contribution in [0.2, 0.25) is 0 Å². The summed E-state index contributed by atoms with van der Waals surface area (Å²) >= 11 is 0. The number of hydrogen-bond acceptors (Lipinski definition) is 5. The lowest BCUT2D eigenvalue weighted by atomic mass is 9.92. The molecule has 2 fully saturated rings. The van der Waals surface area contributed by atoms with E-state index < -0.39 is 0 Å². The summed E-state index contributed by atoms with van der Waals surface area (Å²) in [7, 11) is 0. The largest absolute Gasteiger partial charge is 0.486 e. The number of likely N-dealkylation sites (tertiary alicyclic amines) is 1. The lowest BCUT2D eigenvalue weighted by molar-refractivity contribution is -0.135. The number of hydrogen-bond donors (Lipinski definition) is 0. The fourth-order valence-electron chi connectivity index (χ4n) is 4.27.